The van der Waals surface area contributed by atoms with E-state index in [9.17, 15) is 0 Å². The summed E-state index contributed by atoms with van der Waals surface area (Å²) in [7, 11) is 0. The van der Waals surface area contributed by atoms with Crippen molar-refractivity contribution in [3.63, 3.8) is 0 Å². The SMILES string of the molecule is CCN(CCCc1ccc(C2CCC(Cl)CC2)cc1)CCc1ccccc1. The fourth-order valence-corrected chi connectivity index (χ4v) is 4.46. The first kappa shape index (κ1) is 20.4. The Morgan fingerprint density at radius 2 is 1.48 bits per heavy atom. The molecule has 0 aliphatic heterocycles. The predicted octanol–water partition coefficient (Wildman–Crippen LogP) is 6.45. The number of likely N-dealkylation sites (N-methyl/N-ethyl adjacent to an activating group) is 1. The maximum Gasteiger partial charge on any atom is 0.0336 e. The van der Waals surface area contributed by atoms with Crippen LogP contribution in [-0.2, 0) is 12.8 Å². The molecule has 2 aromatic carbocycles. The van der Waals surface area contributed by atoms with Gasteiger partial charge >= 0.3 is 0 Å². The van der Waals surface area contributed by atoms with Gasteiger partial charge in [0.25, 0.3) is 0 Å². The molecule has 146 valence electrons. The molecule has 0 heterocycles. The van der Waals surface area contributed by atoms with E-state index in [1.807, 2.05) is 0 Å². The molecule has 0 saturated heterocycles. The van der Waals surface area contributed by atoms with Crippen LogP contribution in [-0.4, -0.2) is 29.9 Å². The second-order valence-corrected chi connectivity index (χ2v) is 8.58. The van der Waals surface area contributed by atoms with Crippen molar-refractivity contribution in [2.24, 2.45) is 0 Å². The van der Waals surface area contributed by atoms with Crippen LogP contribution < -0.4 is 0 Å². The summed E-state index contributed by atoms with van der Waals surface area (Å²) in [6, 6.07) is 20.3. The highest BCUT2D eigenvalue weighted by Gasteiger charge is 2.20. The Balaban J connectivity index is 1.40. The Labute approximate surface area is 170 Å². The van der Waals surface area contributed by atoms with Gasteiger partial charge in [-0.15, -0.1) is 11.6 Å². The summed E-state index contributed by atoms with van der Waals surface area (Å²) in [5.74, 6) is 0.725. The monoisotopic (exact) mass is 383 g/mol. The molecule has 0 amide bonds. The highest BCUT2D eigenvalue weighted by Crippen LogP contribution is 2.34. The first-order valence-corrected chi connectivity index (χ1v) is 11.2. The minimum atomic E-state index is 0.406. The lowest BCUT2D eigenvalue weighted by molar-refractivity contribution is 0.288. The van der Waals surface area contributed by atoms with E-state index in [2.05, 4.69) is 66.4 Å². The average molecular weight is 384 g/mol. The normalized spacial score (nSPS) is 20.1. The van der Waals surface area contributed by atoms with E-state index in [1.165, 1.54) is 61.8 Å². The number of benzene rings is 2. The number of hydrogen-bond donors (Lipinski definition) is 0. The van der Waals surface area contributed by atoms with E-state index in [4.69, 9.17) is 11.6 Å². The van der Waals surface area contributed by atoms with Gasteiger partial charge in [-0.2, -0.15) is 0 Å². The van der Waals surface area contributed by atoms with Gasteiger partial charge in [0.15, 0.2) is 0 Å². The standard InChI is InChI=1S/C25H34ClN/c1-2-27(20-18-21-7-4-3-5-8-21)19-6-9-22-10-12-23(13-11-22)24-14-16-25(26)17-15-24/h3-5,7-8,10-13,24-25H,2,6,9,14-20H2,1H3. The highest BCUT2D eigenvalue weighted by molar-refractivity contribution is 6.20. The predicted molar refractivity (Wildman–Crippen MR) is 118 cm³/mol. The maximum absolute atomic E-state index is 6.24. The van der Waals surface area contributed by atoms with Crippen LogP contribution in [0.4, 0.5) is 0 Å². The van der Waals surface area contributed by atoms with Crippen LogP contribution in [0.3, 0.4) is 0 Å². The van der Waals surface area contributed by atoms with Crippen molar-refractivity contribution in [2.45, 2.75) is 63.2 Å². The van der Waals surface area contributed by atoms with Crippen LogP contribution >= 0.6 is 11.6 Å². The number of alkyl halides is 1. The molecule has 0 aromatic heterocycles. The average Bonchev–Trinajstić information content (AvgIpc) is 2.72. The molecule has 1 aliphatic rings. The van der Waals surface area contributed by atoms with Crippen LogP contribution in [0.5, 0.6) is 0 Å². The van der Waals surface area contributed by atoms with Crippen LogP contribution in [0.2, 0.25) is 0 Å². The molecule has 0 spiro atoms. The third-order valence-corrected chi connectivity index (χ3v) is 6.49. The molecule has 0 radical (unpaired) electrons. The van der Waals surface area contributed by atoms with E-state index in [-0.39, 0.29) is 0 Å². The fourth-order valence-electron chi connectivity index (χ4n) is 4.21. The van der Waals surface area contributed by atoms with Crippen molar-refractivity contribution in [1.29, 1.82) is 0 Å². The fraction of sp³-hybridized carbons (Fsp3) is 0.520. The van der Waals surface area contributed by atoms with Crippen molar-refractivity contribution < 1.29 is 0 Å². The minimum absolute atomic E-state index is 0.406. The molecule has 0 N–H and O–H groups in total. The molecule has 1 fully saturated rings. The minimum Gasteiger partial charge on any atom is -0.303 e. The van der Waals surface area contributed by atoms with E-state index in [0.717, 1.165) is 25.4 Å². The zero-order chi connectivity index (χ0) is 18.9. The summed E-state index contributed by atoms with van der Waals surface area (Å²) in [6.45, 7) is 5.75. The number of hydrogen-bond acceptors (Lipinski definition) is 1. The zero-order valence-corrected chi connectivity index (χ0v) is 17.5. The van der Waals surface area contributed by atoms with Gasteiger partial charge in [0.1, 0.15) is 0 Å². The summed E-state index contributed by atoms with van der Waals surface area (Å²) < 4.78 is 0. The Bertz CT molecular complexity index is 644. The Hall–Kier alpha value is -1.31. The van der Waals surface area contributed by atoms with Gasteiger partial charge in [-0.3, -0.25) is 0 Å². The molecular weight excluding hydrogens is 350 g/mol. The molecule has 1 nitrogen and oxygen atoms in total. The molecule has 2 heteroatoms. The van der Waals surface area contributed by atoms with Gasteiger partial charge in [-0.05, 0) is 80.6 Å². The van der Waals surface area contributed by atoms with Gasteiger partial charge in [0, 0.05) is 11.9 Å². The molecule has 2 aromatic rings. The summed E-state index contributed by atoms with van der Waals surface area (Å²) in [4.78, 5) is 2.58. The quantitative estimate of drug-likeness (QED) is 0.450. The number of aryl methyl sites for hydroxylation is 1. The van der Waals surface area contributed by atoms with Crippen LogP contribution in [0.25, 0.3) is 0 Å². The Morgan fingerprint density at radius 3 is 2.15 bits per heavy atom. The first-order chi connectivity index (χ1) is 13.2. The van der Waals surface area contributed by atoms with Crippen molar-refractivity contribution in [3.8, 4) is 0 Å². The van der Waals surface area contributed by atoms with Crippen molar-refractivity contribution >= 4 is 11.6 Å². The number of nitrogens with zero attached hydrogens (tertiary/aromatic N) is 1. The van der Waals surface area contributed by atoms with Gasteiger partial charge in [-0.1, -0.05) is 61.5 Å². The van der Waals surface area contributed by atoms with Crippen molar-refractivity contribution in [2.75, 3.05) is 19.6 Å². The van der Waals surface area contributed by atoms with Gasteiger partial charge in [-0.25, -0.2) is 0 Å². The lowest BCUT2D eigenvalue weighted by Gasteiger charge is -2.25. The number of halogens is 1. The molecule has 1 aliphatic carbocycles. The summed E-state index contributed by atoms with van der Waals surface area (Å²) >= 11 is 6.24. The van der Waals surface area contributed by atoms with Gasteiger partial charge in [0.2, 0.25) is 0 Å². The third kappa shape index (κ3) is 6.66. The number of rotatable bonds is 9. The second-order valence-electron chi connectivity index (χ2n) is 7.96. The third-order valence-electron chi connectivity index (χ3n) is 6.05. The molecule has 0 unspecified atom stereocenters. The second kappa shape index (κ2) is 10.9. The molecule has 27 heavy (non-hydrogen) atoms. The van der Waals surface area contributed by atoms with Crippen molar-refractivity contribution in [1.82, 2.24) is 4.90 Å². The van der Waals surface area contributed by atoms with Gasteiger partial charge in [0.05, 0.1) is 0 Å². The molecular formula is C25H34ClN. The van der Waals surface area contributed by atoms with Crippen LogP contribution in [0, 0.1) is 0 Å². The maximum atomic E-state index is 6.24. The van der Waals surface area contributed by atoms with E-state index in [0.29, 0.717) is 5.38 Å². The van der Waals surface area contributed by atoms with E-state index < -0.39 is 0 Å². The van der Waals surface area contributed by atoms with E-state index in [1.54, 1.807) is 0 Å². The Morgan fingerprint density at radius 1 is 0.815 bits per heavy atom. The first-order valence-electron chi connectivity index (χ1n) is 10.7. The van der Waals surface area contributed by atoms with Crippen LogP contribution in [0.15, 0.2) is 54.6 Å². The van der Waals surface area contributed by atoms with Gasteiger partial charge < -0.3 is 4.90 Å². The topological polar surface area (TPSA) is 3.24 Å². The highest BCUT2D eigenvalue weighted by atomic mass is 35.5. The lowest BCUT2D eigenvalue weighted by Crippen LogP contribution is -2.27. The molecule has 0 bridgehead atoms. The smallest absolute Gasteiger partial charge is 0.0336 e. The van der Waals surface area contributed by atoms with Crippen LogP contribution in [0.1, 0.15) is 61.6 Å². The van der Waals surface area contributed by atoms with Crippen molar-refractivity contribution in [3.05, 3.63) is 71.3 Å². The molecule has 0 atom stereocenters. The zero-order valence-electron chi connectivity index (χ0n) is 16.7. The Kier molecular flexibility index (Phi) is 8.23. The summed E-state index contributed by atoms with van der Waals surface area (Å²) in [5, 5.41) is 0.406. The molecule has 1 saturated carbocycles. The lowest BCUT2D eigenvalue weighted by atomic mass is 9.83. The summed E-state index contributed by atoms with van der Waals surface area (Å²) in [5.41, 5.74) is 4.43. The largest absolute Gasteiger partial charge is 0.303 e. The molecule has 3 rings (SSSR count). The summed E-state index contributed by atoms with van der Waals surface area (Å²) in [6.07, 6.45) is 8.40. The van der Waals surface area contributed by atoms with E-state index >= 15 is 0 Å².